The molecule has 2 aromatic carbocycles. The van der Waals surface area contributed by atoms with Crippen molar-refractivity contribution in [2.24, 2.45) is 23.2 Å². The summed E-state index contributed by atoms with van der Waals surface area (Å²) in [5.74, 6) is 0.0307. The highest BCUT2D eigenvalue weighted by atomic mass is 35.5. The van der Waals surface area contributed by atoms with Gasteiger partial charge in [0.05, 0.1) is 5.56 Å². The van der Waals surface area contributed by atoms with Crippen LogP contribution in [-0.4, -0.2) is 24.5 Å². The van der Waals surface area contributed by atoms with Crippen molar-refractivity contribution in [3.05, 3.63) is 69.7 Å². The standard InChI is InChI=1S/C27H35Cl2NO3/c1-17(2)15-24(33-26(32)21-9-13-23(29)14-10-21)27(18(3)4,19(5)6)16-30-25(31)20-7-11-22(28)12-8-20/h7-14,17-19,24H,15-16H2,1-6H3,(H,30,31). The van der Waals surface area contributed by atoms with Crippen LogP contribution in [-0.2, 0) is 4.74 Å². The molecule has 0 heterocycles. The van der Waals surface area contributed by atoms with Crippen molar-refractivity contribution >= 4 is 35.1 Å². The van der Waals surface area contributed by atoms with Crippen molar-refractivity contribution in [2.45, 2.75) is 54.1 Å². The number of nitrogens with one attached hydrogen (secondary N) is 1. The largest absolute Gasteiger partial charge is 0.458 e. The Kier molecular flexibility index (Phi) is 9.81. The van der Waals surface area contributed by atoms with Crippen LogP contribution in [0.4, 0.5) is 0 Å². The first-order valence-electron chi connectivity index (χ1n) is 11.5. The van der Waals surface area contributed by atoms with Gasteiger partial charge in [0.15, 0.2) is 0 Å². The molecule has 0 aliphatic rings. The minimum Gasteiger partial charge on any atom is -0.458 e. The first-order chi connectivity index (χ1) is 15.5. The van der Waals surface area contributed by atoms with Crippen LogP contribution in [0.1, 0.15) is 68.7 Å². The molecule has 0 saturated carbocycles. The molecule has 0 bridgehead atoms. The molecule has 0 saturated heterocycles. The van der Waals surface area contributed by atoms with Gasteiger partial charge in [-0.25, -0.2) is 4.79 Å². The van der Waals surface area contributed by atoms with Gasteiger partial charge in [-0.15, -0.1) is 0 Å². The third-order valence-corrected chi connectivity index (χ3v) is 6.93. The van der Waals surface area contributed by atoms with Gasteiger partial charge in [0.1, 0.15) is 6.10 Å². The lowest BCUT2D eigenvalue weighted by Crippen LogP contribution is -2.54. The fraction of sp³-hybridized carbons (Fsp3) is 0.481. The molecular formula is C27H35Cl2NO3. The monoisotopic (exact) mass is 491 g/mol. The van der Waals surface area contributed by atoms with E-state index in [-0.39, 0.29) is 29.8 Å². The van der Waals surface area contributed by atoms with E-state index in [1.54, 1.807) is 48.5 Å². The summed E-state index contributed by atoms with van der Waals surface area (Å²) in [4.78, 5) is 26.0. The van der Waals surface area contributed by atoms with Gasteiger partial charge in [-0.2, -0.15) is 0 Å². The normalized spacial score (nSPS) is 12.8. The van der Waals surface area contributed by atoms with Gasteiger partial charge in [-0.1, -0.05) is 64.7 Å². The van der Waals surface area contributed by atoms with Crippen LogP contribution in [0.3, 0.4) is 0 Å². The van der Waals surface area contributed by atoms with E-state index in [9.17, 15) is 9.59 Å². The molecule has 1 unspecified atom stereocenters. The lowest BCUT2D eigenvalue weighted by molar-refractivity contribution is -0.0699. The number of halogens is 2. The number of amides is 1. The summed E-state index contributed by atoms with van der Waals surface area (Å²) in [6.45, 7) is 13.1. The molecule has 2 rings (SSSR count). The molecular weight excluding hydrogens is 457 g/mol. The number of rotatable bonds is 10. The summed E-state index contributed by atoms with van der Waals surface area (Å²) in [5.41, 5.74) is 0.535. The molecule has 0 fully saturated rings. The molecule has 0 radical (unpaired) electrons. The maximum atomic E-state index is 13.1. The van der Waals surface area contributed by atoms with Gasteiger partial charge < -0.3 is 10.1 Å². The van der Waals surface area contributed by atoms with Crippen molar-refractivity contribution in [3.63, 3.8) is 0 Å². The number of esters is 1. The zero-order chi connectivity index (χ0) is 24.8. The van der Waals surface area contributed by atoms with Crippen LogP contribution >= 0.6 is 23.2 Å². The summed E-state index contributed by atoms with van der Waals surface area (Å²) in [6, 6.07) is 13.5. The lowest BCUT2D eigenvalue weighted by Gasteiger charge is -2.47. The van der Waals surface area contributed by atoms with Crippen LogP contribution in [0.5, 0.6) is 0 Å². The molecule has 1 amide bonds. The van der Waals surface area contributed by atoms with Crippen molar-refractivity contribution in [1.82, 2.24) is 5.32 Å². The number of carbonyl (C=O) groups is 2. The first-order valence-corrected chi connectivity index (χ1v) is 12.2. The van der Waals surface area contributed by atoms with Crippen LogP contribution in [0.15, 0.2) is 48.5 Å². The average molecular weight is 492 g/mol. The van der Waals surface area contributed by atoms with Gasteiger partial charge in [-0.3, -0.25) is 4.79 Å². The van der Waals surface area contributed by atoms with Gasteiger partial charge in [-0.05, 0) is 72.7 Å². The molecule has 6 heteroatoms. The second kappa shape index (κ2) is 11.9. The minimum absolute atomic E-state index is 0.143. The molecule has 0 aromatic heterocycles. The highest BCUT2D eigenvalue weighted by Crippen LogP contribution is 2.43. The Morgan fingerprint density at radius 1 is 0.818 bits per heavy atom. The van der Waals surface area contributed by atoms with Crippen LogP contribution < -0.4 is 5.32 Å². The van der Waals surface area contributed by atoms with Gasteiger partial charge in [0, 0.05) is 27.6 Å². The molecule has 4 nitrogen and oxygen atoms in total. The smallest absolute Gasteiger partial charge is 0.338 e. The molecule has 33 heavy (non-hydrogen) atoms. The Labute approximate surface area is 208 Å². The van der Waals surface area contributed by atoms with Crippen molar-refractivity contribution < 1.29 is 14.3 Å². The zero-order valence-corrected chi connectivity index (χ0v) is 21.8. The summed E-state index contributed by atoms with van der Waals surface area (Å²) < 4.78 is 6.18. The molecule has 1 N–H and O–H groups in total. The summed E-state index contributed by atoms with van der Waals surface area (Å²) >= 11 is 11.9. The van der Waals surface area contributed by atoms with Crippen molar-refractivity contribution in [3.8, 4) is 0 Å². The highest BCUT2D eigenvalue weighted by molar-refractivity contribution is 6.31. The number of hydrogen-bond donors (Lipinski definition) is 1. The minimum atomic E-state index is -0.464. The number of benzene rings is 2. The number of ether oxygens (including phenoxy) is 1. The van der Waals surface area contributed by atoms with Crippen LogP contribution in [0.2, 0.25) is 10.0 Å². The SMILES string of the molecule is CC(C)CC(OC(=O)c1ccc(Cl)cc1)C(CNC(=O)c1ccc(Cl)cc1)(C(C)C)C(C)C. The second-order valence-electron chi connectivity index (χ2n) is 9.64. The molecule has 2 aromatic rings. The second-order valence-corrected chi connectivity index (χ2v) is 10.5. The van der Waals surface area contributed by atoms with E-state index < -0.39 is 5.41 Å². The van der Waals surface area contributed by atoms with Gasteiger partial charge in [0.2, 0.25) is 0 Å². The molecule has 0 aliphatic carbocycles. The van der Waals surface area contributed by atoms with Gasteiger partial charge >= 0.3 is 5.97 Å². The third kappa shape index (κ3) is 6.97. The number of hydrogen-bond acceptors (Lipinski definition) is 3. The quantitative estimate of drug-likeness (QED) is 0.354. The Morgan fingerprint density at radius 3 is 1.70 bits per heavy atom. The van der Waals surface area contributed by atoms with E-state index in [0.717, 1.165) is 0 Å². The van der Waals surface area contributed by atoms with E-state index in [2.05, 4.69) is 46.9 Å². The van der Waals surface area contributed by atoms with Crippen molar-refractivity contribution in [2.75, 3.05) is 6.54 Å². The van der Waals surface area contributed by atoms with E-state index in [1.807, 2.05) is 0 Å². The maximum absolute atomic E-state index is 13.1. The predicted molar refractivity (Wildman–Crippen MR) is 136 cm³/mol. The van der Waals surface area contributed by atoms with E-state index in [4.69, 9.17) is 27.9 Å². The zero-order valence-electron chi connectivity index (χ0n) is 20.3. The molecule has 0 aliphatic heterocycles. The molecule has 1 atom stereocenters. The summed E-state index contributed by atoms with van der Waals surface area (Å²) in [6.07, 6.45) is 0.304. The Bertz CT molecular complexity index is 913. The summed E-state index contributed by atoms with van der Waals surface area (Å²) in [7, 11) is 0. The summed E-state index contributed by atoms with van der Waals surface area (Å²) in [5, 5.41) is 4.25. The first kappa shape index (κ1) is 27.2. The van der Waals surface area contributed by atoms with Gasteiger partial charge in [0.25, 0.3) is 5.91 Å². The van der Waals surface area contributed by atoms with E-state index >= 15 is 0 Å². The number of carbonyl (C=O) groups excluding carboxylic acids is 2. The van der Waals surface area contributed by atoms with E-state index in [0.29, 0.717) is 40.1 Å². The molecule has 180 valence electrons. The van der Waals surface area contributed by atoms with Crippen LogP contribution in [0.25, 0.3) is 0 Å². The third-order valence-electron chi connectivity index (χ3n) is 6.43. The topological polar surface area (TPSA) is 55.4 Å². The average Bonchev–Trinajstić information content (AvgIpc) is 2.74. The Balaban J connectivity index is 2.35. The Hall–Kier alpha value is -2.04. The Morgan fingerprint density at radius 2 is 1.27 bits per heavy atom. The maximum Gasteiger partial charge on any atom is 0.338 e. The highest BCUT2D eigenvalue weighted by Gasteiger charge is 2.47. The van der Waals surface area contributed by atoms with Crippen molar-refractivity contribution in [1.29, 1.82) is 0 Å². The van der Waals surface area contributed by atoms with E-state index in [1.165, 1.54) is 0 Å². The predicted octanol–water partition coefficient (Wildman–Crippen LogP) is 7.29. The van der Waals surface area contributed by atoms with Crippen LogP contribution in [0, 0.1) is 23.2 Å². The molecule has 0 spiro atoms. The fourth-order valence-corrected chi connectivity index (χ4v) is 4.71. The lowest BCUT2D eigenvalue weighted by atomic mass is 9.63. The fourth-order valence-electron chi connectivity index (χ4n) is 4.46.